The largest absolute Gasteiger partial charge is 0.392 e. The molecule has 0 bridgehead atoms. The minimum absolute atomic E-state index is 0.0105. The zero-order valence-corrected chi connectivity index (χ0v) is 10.3. The molecule has 1 aromatic rings. The van der Waals surface area contributed by atoms with E-state index in [0.29, 0.717) is 6.04 Å². The van der Waals surface area contributed by atoms with Crippen molar-refractivity contribution in [3.8, 4) is 0 Å². The molecule has 1 fully saturated rings. The molecule has 0 amide bonds. The van der Waals surface area contributed by atoms with E-state index in [1.807, 2.05) is 0 Å². The van der Waals surface area contributed by atoms with Crippen LogP contribution in [0.1, 0.15) is 32.8 Å². The maximum Gasteiger partial charge on any atom is 0.0630 e. The summed E-state index contributed by atoms with van der Waals surface area (Å²) in [5.74, 6) is 0. The topological polar surface area (TPSA) is 32.3 Å². The average molecular weight is 219 g/mol. The van der Waals surface area contributed by atoms with Gasteiger partial charge in [0.1, 0.15) is 0 Å². The van der Waals surface area contributed by atoms with Gasteiger partial charge >= 0.3 is 0 Å². The standard InChI is InChI=1S/C14H21NO/c1-4-10-5-7-11(8-6-10)15-12-9-13(16)14(12,2)3/h5-8,12-13,15-16H,4,9H2,1-3H3. The van der Waals surface area contributed by atoms with Crippen molar-refractivity contribution in [3.05, 3.63) is 29.8 Å². The summed E-state index contributed by atoms with van der Waals surface area (Å²) in [7, 11) is 0. The third-order valence-corrected chi connectivity index (χ3v) is 3.92. The summed E-state index contributed by atoms with van der Waals surface area (Å²) in [6.07, 6.45) is 1.76. The zero-order chi connectivity index (χ0) is 11.8. The molecule has 2 atom stereocenters. The van der Waals surface area contributed by atoms with Gasteiger partial charge in [-0.15, -0.1) is 0 Å². The van der Waals surface area contributed by atoms with Gasteiger partial charge in [0.15, 0.2) is 0 Å². The Kier molecular flexibility index (Phi) is 2.94. The second-order valence-electron chi connectivity index (χ2n) is 5.32. The molecule has 16 heavy (non-hydrogen) atoms. The van der Waals surface area contributed by atoms with Crippen molar-refractivity contribution in [1.82, 2.24) is 0 Å². The minimum atomic E-state index is -0.167. The number of benzene rings is 1. The summed E-state index contributed by atoms with van der Waals surface area (Å²) < 4.78 is 0. The lowest BCUT2D eigenvalue weighted by molar-refractivity contribution is -0.0510. The molecule has 88 valence electrons. The van der Waals surface area contributed by atoms with Crippen molar-refractivity contribution in [3.63, 3.8) is 0 Å². The molecular formula is C14H21NO. The highest BCUT2D eigenvalue weighted by molar-refractivity contribution is 5.46. The van der Waals surface area contributed by atoms with Gasteiger partial charge in [-0.3, -0.25) is 0 Å². The minimum Gasteiger partial charge on any atom is -0.392 e. The van der Waals surface area contributed by atoms with Crippen LogP contribution in [0.15, 0.2) is 24.3 Å². The molecule has 0 heterocycles. The first-order chi connectivity index (χ1) is 7.54. The van der Waals surface area contributed by atoms with Gasteiger partial charge < -0.3 is 10.4 Å². The van der Waals surface area contributed by atoms with Crippen molar-refractivity contribution in [2.45, 2.75) is 45.8 Å². The Bertz CT molecular complexity index is 356. The zero-order valence-electron chi connectivity index (χ0n) is 10.3. The van der Waals surface area contributed by atoms with E-state index in [1.165, 1.54) is 5.56 Å². The van der Waals surface area contributed by atoms with Crippen LogP contribution in [0.5, 0.6) is 0 Å². The van der Waals surface area contributed by atoms with E-state index >= 15 is 0 Å². The van der Waals surface area contributed by atoms with Crippen LogP contribution < -0.4 is 5.32 Å². The van der Waals surface area contributed by atoms with E-state index in [-0.39, 0.29) is 11.5 Å². The van der Waals surface area contributed by atoms with Crippen LogP contribution in [-0.4, -0.2) is 17.3 Å². The highest BCUT2D eigenvalue weighted by Gasteiger charge is 2.47. The Morgan fingerprint density at radius 3 is 2.38 bits per heavy atom. The third-order valence-electron chi connectivity index (χ3n) is 3.92. The first-order valence-electron chi connectivity index (χ1n) is 6.07. The highest BCUT2D eigenvalue weighted by atomic mass is 16.3. The molecule has 0 radical (unpaired) electrons. The lowest BCUT2D eigenvalue weighted by Crippen LogP contribution is -2.56. The molecule has 0 aromatic heterocycles. The molecule has 0 spiro atoms. The number of anilines is 1. The summed E-state index contributed by atoms with van der Waals surface area (Å²) in [5.41, 5.74) is 2.50. The first kappa shape index (κ1) is 11.5. The molecule has 1 saturated carbocycles. The molecule has 1 aliphatic rings. The molecular weight excluding hydrogens is 198 g/mol. The number of nitrogens with one attached hydrogen (secondary N) is 1. The first-order valence-corrected chi connectivity index (χ1v) is 6.07. The number of hydrogen-bond donors (Lipinski definition) is 2. The van der Waals surface area contributed by atoms with E-state index < -0.39 is 0 Å². The van der Waals surface area contributed by atoms with Crippen molar-refractivity contribution in [2.75, 3.05) is 5.32 Å². The number of aliphatic hydroxyl groups excluding tert-OH is 1. The van der Waals surface area contributed by atoms with E-state index in [0.717, 1.165) is 18.5 Å². The fourth-order valence-electron chi connectivity index (χ4n) is 2.19. The van der Waals surface area contributed by atoms with E-state index in [9.17, 15) is 5.11 Å². The third kappa shape index (κ3) is 1.94. The highest BCUT2D eigenvalue weighted by Crippen LogP contribution is 2.42. The summed E-state index contributed by atoms with van der Waals surface area (Å²) in [6, 6.07) is 8.95. The second kappa shape index (κ2) is 4.10. The number of hydrogen-bond acceptors (Lipinski definition) is 2. The van der Waals surface area contributed by atoms with Crippen LogP contribution in [0.3, 0.4) is 0 Å². The van der Waals surface area contributed by atoms with Gasteiger partial charge in [-0.25, -0.2) is 0 Å². The SMILES string of the molecule is CCc1ccc(NC2CC(O)C2(C)C)cc1. The lowest BCUT2D eigenvalue weighted by atomic mass is 9.64. The normalized spacial score (nSPS) is 27.2. The summed E-state index contributed by atoms with van der Waals surface area (Å²) in [6.45, 7) is 6.38. The van der Waals surface area contributed by atoms with Crippen molar-refractivity contribution < 1.29 is 5.11 Å². The smallest absolute Gasteiger partial charge is 0.0630 e. The maximum atomic E-state index is 9.67. The Morgan fingerprint density at radius 1 is 1.31 bits per heavy atom. The van der Waals surface area contributed by atoms with Crippen LogP contribution in [-0.2, 0) is 6.42 Å². The molecule has 0 saturated heterocycles. The number of aliphatic hydroxyl groups is 1. The summed E-state index contributed by atoms with van der Waals surface area (Å²) in [4.78, 5) is 0. The fourth-order valence-corrected chi connectivity index (χ4v) is 2.19. The monoisotopic (exact) mass is 219 g/mol. The maximum absolute atomic E-state index is 9.67. The van der Waals surface area contributed by atoms with Crippen molar-refractivity contribution in [1.29, 1.82) is 0 Å². The van der Waals surface area contributed by atoms with Gasteiger partial charge in [-0.2, -0.15) is 0 Å². The molecule has 2 unspecified atom stereocenters. The van der Waals surface area contributed by atoms with E-state index in [2.05, 4.69) is 50.4 Å². The Balaban J connectivity index is 2.00. The van der Waals surface area contributed by atoms with Gasteiger partial charge in [0, 0.05) is 17.1 Å². The Morgan fingerprint density at radius 2 is 1.94 bits per heavy atom. The van der Waals surface area contributed by atoms with Crippen molar-refractivity contribution in [2.24, 2.45) is 5.41 Å². The van der Waals surface area contributed by atoms with E-state index in [4.69, 9.17) is 0 Å². The van der Waals surface area contributed by atoms with Crippen LogP contribution in [0, 0.1) is 5.41 Å². The van der Waals surface area contributed by atoms with Gasteiger partial charge in [0.2, 0.25) is 0 Å². The van der Waals surface area contributed by atoms with Crippen LogP contribution in [0.25, 0.3) is 0 Å². The van der Waals surface area contributed by atoms with Gasteiger partial charge in [0.05, 0.1) is 6.10 Å². The predicted molar refractivity (Wildman–Crippen MR) is 67.6 cm³/mol. The summed E-state index contributed by atoms with van der Waals surface area (Å²) in [5, 5.41) is 13.2. The second-order valence-corrected chi connectivity index (χ2v) is 5.32. The summed E-state index contributed by atoms with van der Waals surface area (Å²) >= 11 is 0. The van der Waals surface area contributed by atoms with Crippen LogP contribution >= 0.6 is 0 Å². The number of aryl methyl sites for hydroxylation is 1. The van der Waals surface area contributed by atoms with Gasteiger partial charge in [-0.05, 0) is 30.5 Å². The molecule has 0 aliphatic heterocycles. The molecule has 2 heteroatoms. The molecule has 1 aliphatic carbocycles. The lowest BCUT2D eigenvalue weighted by Gasteiger charge is -2.49. The molecule has 1 aromatic carbocycles. The van der Waals surface area contributed by atoms with Crippen molar-refractivity contribution >= 4 is 5.69 Å². The Labute approximate surface area is 97.7 Å². The van der Waals surface area contributed by atoms with Gasteiger partial charge in [0.25, 0.3) is 0 Å². The predicted octanol–water partition coefficient (Wildman–Crippen LogP) is 2.82. The van der Waals surface area contributed by atoms with Gasteiger partial charge in [-0.1, -0.05) is 32.9 Å². The molecule has 2 N–H and O–H groups in total. The quantitative estimate of drug-likeness (QED) is 0.819. The number of rotatable bonds is 3. The van der Waals surface area contributed by atoms with Crippen LogP contribution in [0.2, 0.25) is 0 Å². The molecule has 2 rings (SSSR count). The molecule has 2 nitrogen and oxygen atoms in total. The Hall–Kier alpha value is -1.02. The fraction of sp³-hybridized carbons (Fsp3) is 0.571. The van der Waals surface area contributed by atoms with E-state index in [1.54, 1.807) is 0 Å². The van der Waals surface area contributed by atoms with Crippen LogP contribution in [0.4, 0.5) is 5.69 Å². The average Bonchev–Trinajstić information content (AvgIpc) is 2.29.